The number of rotatable bonds is 3. The standard InChI is InChI=1S/C18H12FN3O2/c19-13-7-5-12(6-8-13)16-9-10-17(24-16)18(23)21-22-11-20-14-3-1-2-4-15(14)22/h1-11H,(H,21,23). The van der Waals surface area contributed by atoms with Crippen molar-refractivity contribution >= 4 is 16.9 Å². The highest BCUT2D eigenvalue weighted by Gasteiger charge is 2.13. The zero-order valence-electron chi connectivity index (χ0n) is 12.4. The minimum atomic E-state index is -0.397. The molecule has 0 aliphatic heterocycles. The van der Waals surface area contributed by atoms with E-state index in [9.17, 15) is 9.18 Å². The number of hydrogen-bond donors (Lipinski definition) is 1. The number of imidazole rings is 1. The fourth-order valence-electron chi connectivity index (χ4n) is 2.44. The summed E-state index contributed by atoms with van der Waals surface area (Å²) < 4.78 is 20.1. The van der Waals surface area contributed by atoms with E-state index in [-0.39, 0.29) is 11.6 Å². The SMILES string of the molecule is O=C(Nn1cnc2ccccc21)c1ccc(-c2ccc(F)cc2)o1. The third kappa shape index (κ3) is 2.54. The van der Waals surface area contributed by atoms with E-state index in [1.54, 1.807) is 24.3 Å². The maximum Gasteiger partial charge on any atom is 0.305 e. The number of furan rings is 1. The van der Waals surface area contributed by atoms with Crippen LogP contribution >= 0.6 is 0 Å². The molecule has 4 rings (SSSR count). The lowest BCUT2D eigenvalue weighted by Gasteiger charge is -2.05. The van der Waals surface area contributed by atoms with Gasteiger partial charge < -0.3 is 4.42 Å². The first-order chi connectivity index (χ1) is 11.7. The molecule has 24 heavy (non-hydrogen) atoms. The monoisotopic (exact) mass is 321 g/mol. The van der Waals surface area contributed by atoms with Gasteiger partial charge in [0.05, 0.1) is 11.0 Å². The molecular weight excluding hydrogens is 309 g/mol. The smallest absolute Gasteiger partial charge is 0.305 e. The van der Waals surface area contributed by atoms with Crippen molar-refractivity contribution < 1.29 is 13.6 Å². The van der Waals surface area contributed by atoms with Crippen molar-refractivity contribution in [3.05, 3.63) is 78.6 Å². The van der Waals surface area contributed by atoms with Crippen LogP contribution in [0.2, 0.25) is 0 Å². The van der Waals surface area contributed by atoms with Gasteiger partial charge in [-0.05, 0) is 48.5 Å². The summed E-state index contributed by atoms with van der Waals surface area (Å²) in [5, 5.41) is 0. The number of benzene rings is 2. The molecule has 5 nitrogen and oxygen atoms in total. The van der Waals surface area contributed by atoms with Gasteiger partial charge >= 0.3 is 5.91 Å². The average molecular weight is 321 g/mol. The minimum Gasteiger partial charge on any atom is -0.451 e. The van der Waals surface area contributed by atoms with Crippen molar-refractivity contribution in [2.75, 3.05) is 5.43 Å². The average Bonchev–Trinajstić information content (AvgIpc) is 3.23. The maximum absolute atomic E-state index is 13.0. The van der Waals surface area contributed by atoms with Crippen molar-refractivity contribution in [1.82, 2.24) is 9.66 Å². The molecule has 2 aromatic heterocycles. The highest BCUT2D eigenvalue weighted by atomic mass is 19.1. The molecule has 4 aromatic rings. The van der Waals surface area contributed by atoms with Crippen LogP contribution in [0.25, 0.3) is 22.4 Å². The first-order valence-corrected chi connectivity index (χ1v) is 7.30. The lowest BCUT2D eigenvalue weighted by molar-refractivity contribution is 0.0983. The van der Waals surface area contributed by atoms with Gasteiger partial charge in [-0.3, -0.25) is 10.2 Å². The Bertz CT molecular complexity index is 1020. The van der Waals surface area contributed by atoms with Crippen LogP contribution in [-0.4, -0.2) is 15.6 Å². The van der Waals surface area contributed by atoms with Gasteiger partial charge in [0.25, 0.3) is 0 Å². The zero-order chi connectivity index (χ0) is 16.5. The number of hydrogen-bond acceptors (Lipinski definition) is 3. The molecule has 6 heteroatoms. The lowest BCUT2D eigenvalue weighted by atomic mass is 10.2. The minimum absolute atomic E-state index is 0.159. The van der Waals surface area contributed by atoms with Gasteiger partial charge in [-0.1, -0.05) is 12.1 Å². The normalized spacial score (nSPS) is 10.9. The molecule has 118 valence electrons. The summed E-state index contributed by atoms with van der Waals surface area (Å²) >= 11 is 0. The number of fused-ring (bicyclic) bond motifs is 1. The summed E-state index contributed by atoms with van der Waals surface area (Å²) in [7, 11) is 0. The number of carbonyl (C=O) groups is 1. The van der Waals surface area contributed by atoms with Gasteiger partial charge in [-0.25, -0.2) is 14.1 Å². The maximum atomic E-state index is 13.0. The fraction of sp³-hybridized carbons (Fsp3) is 0. The molecular formula is C18H12FN3O2. The second-order valence-corrected chi connectivity index (χ2v) is 5.22. The number of para-hydroxylation sites is 2. The van der Waals surface area contributed by atoms with E-state index in [0.717, 1.165) is 11.0 Å². The molecule has 0 unspecified atom stereocenters. The summed E-state index contributed by atoms with van der Waals surface area (Å²) in [4.78, 5) is 16.5. The van der Waals surface area contributed by atoms with Crippen molar-refractivity contribution in [1.29, 1.82) is 0 Å². The molecule has 0 spiro atoms. The van der Waals surface area contributed by atoms with E-state index < -0.39 is 5.91 Å². The topological polar surface area (TPSA) is 60.1 Å². The molecule has 0 aliphatic rings. The second kappa shape index (κ2) is 5.66. The fourth-order valence-corrected chi connectivity index (χ4v) is 2.44. The van der Waals surface area contributed by atoms with Gasteiger partial charge in [0.2, 0.25) is 0 Å². The van der Waals surface area contributed by atoms with Crippen LogP contribution in [0.1, 0.15) is 10.6 Å². The van der Waals surface area contributed by atoms with Crippen LogP contribution in [0, 0.1) is 5.82 Å². The van der Waals surface area contributed by atoms with Gasteiger partial charge in [-0.15, -0.1) is 0 Å². The predicted octanol–water partition coefficient (Wildman–Crippen LogP) is 3.82. The van der Waals surface area contributed by atoms with E-state index >= 15 is 0 Å². The Kier molecular flexibility index (Phi) is 3.35. The van der Waals surface area contributed by atoms with E-state index in [2.05, 4.69) is 10.4 Å². The molecule has 0 saturated heterocycles. The number of nitrogens with one attached hydrogen (secondary N) is 1. The molecule has 0 atom stereocenters. The quantitative estimate of drug-likeness (QED) is 0.624. The Hall–Kier alpha value is -3.41. The van der Waals surface area contributed by atoms with Crippen molar-refractivity contribution in [3.8, 4) is 11.3 Å². The molecule has 0 bridgehead atoms. The predicted molar refractivity (Wildman–Crippen MR) is 87.5 cm³/mol. The Morgan fingerprint density at radius 1 is 1.04 bits per heavy atom. The van der Waals surface area contributed by atoms with Crippen molar-refractivity contribution in [3.63, 3.8) is 0 Å². The van der Waals surface area contributed by atoms with E-state index in [0.29, 0.717) is 11.3 Å². The van der Waals surface area contributed by atoms with Crippen molar-refractivity contribution in [2.45, 2.75) is 0 Å². The van der Waals surface area contributed by atoms with Crippen LogP contribution in [0.15, 0.2) is 71.4 Å². The first-order valence-electron chi connectivity index (χ1n) is 7.30. The van der Waals surface area contributed by atoms with E-state index in [1.165, 1.54) is 23.1 Å². The van der Waals surface area contributed by atoms with E-state index in [1.807, 2.05) is 24.3 Å². The first kappa shape index (κ1) is 14.2. The van der Waals surface area contributed by atoms with Crippen LogP contribution in [0.5, 0.6) is 0 Å². The van der Waals surface area contributed by atoms with Gasteiger partial charge in [0.15, 0.2) is 5.76 Å². The number of nitrogens with zero attached hydrogens (tertiary/aromatic N) is 2. The number of aromatic nitrogens is 2. The molecule has 0 saturated carbocycles. The van der Waals surface area contributed by atoms with Gasteiger partial charge in [-0.2, -0.15) is 0 Å². The summed E-state index contributed by atoms with van der Waals surface area (Å²) in [5.41, 5.74) is 4.98. The largest absolute Gasteiger partial charge is 0.451 e. The van der Waals surface area contributed by atoms with Crippen LogP contribution < -0.4 is 5.43 Å². The number of amides is 1. The lowest BCUT2D eigenvalue weighted by Crippen LogP contribution is -2.21. The summed E-state index contributed by atoms with van der Waals surface area (Å²) in [6.45, 7) is 0. The van der Waals surface area contributed by atoms with Crippen molar-refractivity contribution in [2.24, 2.45) is 0 Å². The van der Waals surface area contributed by atoms with Gasteiger partial charge in [0.1, 0.15) is 17.9 Å². The summed E-state index contributed by atoms with van der Waals surface area (Å²) in [5.74, 6) is -0.0653. The molecule has 0 fully saturated rings. The Morgan fingerprint density at radius 2 is 1.83 bits per heavy atom. The van der Waals surface area contributed by atoms with Crippen LogP contribution in [0.4, 0.5) is 4.39 Å². The molecule has 1 amide bonds. The zero-order valence-corrected chi connectivity index (χ0v) is 12.4. The number of carbonyl (C=O) groups excluding carboxylic acids is 1. The Labute approximate surface area is 136 Å². The second-order valence-electron chi connectivity index (χ2n) is 5.22. The summed E-state index contributed by atoms with van der Waals surface area (Å²) in [6.07, 6.45) is 1.53. The van der Waals surface area contributed by atoms with Gasteiger partial charge in [0, 0.05) is 5.56 Å². The van der Waals surface area contributed by atoms with Crippen LogP contribution in [-0.2, 0) is 0 Å². The Morgan fingerprint density at radius 3 is 2.67 bits per heavy atom. The number of halogens is 1. The molecule has 0 radical (unpaired) electrons. The van der Waals surface area contributed by atoms with Crippen LogP contribution in [0.3, 0.4) is 0 Å². The molecule has 2 aromatic carbocycles. The highest BCUT2D eigenvalue weighted by molar-refractivity contribution is 5.98. The molecule has 0 aliphatic carbocycles. The third-order valence-corrected chi connectivity index (χ3v) is 3.63. The summed E-state index contributed by atoms with van der Waals surface area (Å²) in [6, 6.07) is 16.6. The Balaban J connectivity index is 1.58. The highest BCUT2D eigenvalue weighted by Crippen LogP contribution is 2.22. The molecule has 2 heterocycles. The van der Waals surface area contributed by atoms with E-state index in [4.69, 9.17) is 4.42 Å². The third-order valence-electron chi connectivity index (χ3n) is 3.63. The molecule has 1 N–H and O–H groups in total.